The minimum absolute atomic E-state index is 0. The Labute approximate surface area is 186 Å². The Hall–Kier alpha value is -0.800. The number of rotatable bonds is 5. The minimum atomic E-state index is 0. The third kappa shape index (κ3) is 5.02. The first kappa shape index (κ1) is 21.9. The van der Waals surface area contributed by atoms with Gasteiger partial charge in [-0.15, -0.1) is 24.0 Å². The Morgan fingerprint density at radius 2 is 2.11 bits per heavy atom. The smallest absolute Gasteiger partial charge is 0.194 e. The zero-order valence-corrected chi connectivity index (χ0v) is 19.4. The van der Waals surface area contributed by atoms with Crippen LogP contribution in [-0.2, 0) is 4.74 Å². The maximum Gasteiger partial charge on any atom is 0.194 e. The van der Waals surface area contributed by atoms with E-state index in [2.05, 4.69) is 28.1 Å². The molecule has 0 amide bonds. The lowest BCUT2D eigenvalue weighted by Gasteiger charge is -2.33. The molecule has 0 radical (unpaired) electrons. The second-order valence-corrected chi connectivity index (χ2v) is 8.30. The Kier molecular flexibility index (Phi) is 8.05. The molecule has 0 aliphatic carbocycles. The van der Waals surface area contributed by atoms with Crippen molar-refractivity contribution in [1.82, 2.24) is 15.1 Å². The number of furan rings is 1. The molecule has 1 aromatic rings. The van der Waals surface area contributed by atoms with Crippen LogP contribution in [0.5, 0.6) is 0 Å². The third-order valence-corrected chi connectivity index (χ3v) is 6.37. The van der Waals surface area contributed by atoms with Gasteiger partial charge in [0.1, 0.15) is 5.76 Å². The summed E-state index contributed by atoms with van der Waals surface area (Å²) in [5, 5.41) is 3.52. The second-order valence-electron chi connectivity index (χ2n) is 8.30. The standard InChI is InChI=1S/C21H34N4O2.HI/c1-2-22-20(25-12-8-21(16-25)9-14-26-17-21)23-15-18(19-7-6-13-27-19)24-10-4-3-5-11-24;/h6-7,13,18H,2-5,8-12,14-17H2,1H3,(H,22,23);1H. The van der Waals surface area contributed by atoms with E-state index in [4.69, 9.17) is 14.1 Å². The number of ether oxygens (including phenoxy) is 1. The van der Waals surface area contributed by atoms with Crippen LogP contribution in [0.4, 0.5) is 0 Å². The van der Waals surface area contributed by atoms with Gasteiger partial charge in [0.05, 0.1) is 25.5 Å². The van der Waals surface area contributed by atoms with Gasteiger partial charge in [-0.1, -0.05) is 6.42 Å². The van der Waals surface area contributed by atoms with Crippen LogP contribution in [0.15, 0.2) is 27.8 Å². The molecular formula is C21H35IN4O2. The number of nitrogens with zero attached hydrogens (tertiary/aromatic N) is 3. The number of likely N-dealkylation sites (tertiary alicyclic amines) is 2. The van der Waals surface area contributed by atoms with Crippen LogP contribution in [-0.4, -0.2) is 68.2 Å². The number of hydrogen-bond donors (Lipinski definition) is 1. The monoisotopic (exact) mass is 502 g/mol. The molecule has 0 bridgehead atoms. The SMILES string of the molecule is CCNC(=NCC(c1ccco1)N1CCCCC1)N1CCC2(CCOC2)C1.I. The first-order chi connectivity index (χ1) is 13.3. The predicted octanol–water partition coefficient (Wildman–Crippen LogP) is 3.50. The zero-order valence-electron chi connectivity index (χ0n) is 17.1. The van der Waals surface area contributed by atoms with Crippen LogP contribution >= 0.6 is 24.0 Å². The van der Waals surface area contributed by atoms with E-state index in [9.17, 15) is 0 Å². The van der Waals surface area contributed by atoms with E-state index in [0.717, 1.165) is 64.2 Å². The summed E-state index contributed by atoms with van der Waals surface area (Å²) in [6.45, 7) is 10.0. The number of guanidine groups is 1. The highest BCUT2D eigenvalue weighted by Crippen LogP contribution is 2.38. The lowest BCUT2D eigenvalue weighted by Crippen LogP contribution is -2.42. The quantitative estimate of drug-likeness (QED) is 0.380. The Morgan fingerprint density at radius 1 is 1.25 bits per heavy atom. The number of halogens is 1. The minimum Gasteiger partial charge on any atom is -0.468 e. The van der Waals surface area contributed by atoms with Gasteiger partial charge in [0, 0.05) is 31.7 Å². The molecule has 2 unspecified atom stereocenters. The number of aliphatic imine (C=N–C) groups is 1. The van der Waals surface area contributed by atoms with E-state index in [-0.39, 0.29) is 30.0 Å². The summed E-state index contributed by atoms with van der Waals surface area (Å²) in [5.74, 6) is 2.09. The molecule has 3 saturated heterocycles. The Bertz CT molecular complexity index is 610. The van der Waals surface area contributed by atoms with Gasteiger partial charge in [0.2, 0.25) is 0 Å². The van der Waals surface area contributed by atoms with Gasteiger partial charge in [0.15, 0.2) is 5.96 Å². The van der Waals surface area contributed by atoms with Crippen molar-refractivity contribution in [3.05, 3.63) is 24.2 Å². The van der Waals surface area contributed by atoms with Gasteiger partial charge < -0.3 is 19.4 Å². The van der Waals surface area contributed by atoms with Crippen molar-refractivity contribution in [2.24, 2.45) is 10.4 Å². The van der Waals surface area contributed by atoms with E-state index in [1.165, 1.54) is 32.1 Å². The second kappa shape index (κ2) is 10.3. The van der Waals surface area contributed by atoms with E-state index >= 15 is 0 Å². The average molecular weight is 502 g/mol. The zero-order chi connectivity index (χ0) is 18.5. The summed E-state index contributed by atoms with van der Waals surface area (Å²) < 4.78 is 11.5. The number of piperidine rings is 1. The normalized spacial score (nSPS) is 27.2. The molecule has 6 nitrogen and oxygen atoms in total. The maximum absolute atomic E-state index is 5.78. The molecule has 7 heteroatoms. The molecule has 4 heterocycles. The fourth-order valence-electron chi connectivity index (χ4n) is 4.78. The van der Waals surface area contributed by atoms with Crippen molar-refractivity contribution in [2.75, 3.05) is 52.5 Å². The average Bonchev–Trinajstić information content (AvgIpc) is 3.46. The molecule has 1 spiro atoms. The molecule has 3 fully saturated rings. The molecule has 0 aromatic carbocycles. The van der Waals surface area contributed by atoms with Crippen LogP contribution in [0.25, 0.3) is 0 Å². The van der Waals surface area contributed by atoms with Crippen molar-refractivity contribution >= 4 is 29.9 Å². The summed E-state index contributed by atoms with van der Waals surface area (Å²) in [6, 6.07) is 4.33. The molecule has 3 aliphatic rings. The van der Waals surface area contributed by atoms with Gasteiger partial charge in [-0.05, 0) is 57.8 Å². The lowest BCUT2D eigenvalue weighted by molar-refractivity contribution is 0.149. The summed E-state index contributed by atoms with van der Waals surface area (Å²) in [6.07, 6.45) is 8.07. The molecule has 3 aliphatic heterocycles. The summed E-state index contributed by atoms with van der Waals surface area (Å²) >= 11 is 0. The lowest BCUT2D eigenvalue weighted by atomic mass is 9.87. The van der Waals surface area contributed by atoms with Crippen LogP contribution < -0.4 is 5.32 Å². The summed E-state index contributed by atoms with van der Waals surface area (Å²) in [5.41, 5.74) is 0.351. The van der Waals surface area contributed by atoms with Crippen LogP contribution in [0.3, 0.4) is 0 Å². The van der Waals surface area contributed by atoms with E-state index in [1.54, 1.807) is 6.26 Å². The molecular weight excluding hydrogens is 467 g/mol. The highest BCUT2D eigenvalue weighted by atomic mass is 127. The van der Waals surface area contributed by atoms with Gasteiger partial charge >= 0.3 is 0 Å². The summed E-state index contributed by atoms with van der Waals surface area (Å²) in [7, 11) is 0. The molecule has 1 aromatic heterocycles. The van der Waals surface area contributed by atoms with Crippen molar-refractivity contribution in [1.29, 1.82) is 0 Å². The van der Waals surface area contributed by atoms with Crippen LogP contribution in [0.2, 0.25) is 0 Å². The Balaban J connectivity index is 0.00000225. The van der Waals surface area contributed by atoms with Crippen molar-refractivity contribution in [3.63, 3.8) is 0 Å². The van der Waals surface area contributed by atoms with Gasteiger partial charge in [-0.3, -0.25) is 9.89 Å². The van der Waals surface area contributed by atoms with Gasteiger partial charge in [0.25, 0.3) is 0 Å². The molecule has 28 heavy (non-hydrogen) atoms. The number of hydrogen-bond acceptors (Lipinski definition) is 4. The van der Waals surface area contributed by atoms with Crippen LogP contribution in [0.1, 0.15) is 50.8 Å². The largest absolute Gasteiger partial charge is 0.468 e. The molecule has 4 rings (SSSR count). The highest BCUT2D eigenvalue weighted by molar-refractivity contribution is 14.0. The Morgan fingerprint density at radius 3 is 2.79 bits per heavy atom. The predicted molar refractivity (Wildman–Crippen MR) is 122 cm³/mol. The molecule has 2 atom stereocenters. The van der Waals surface area contributed by atoms with Crippen molar-refractivity contribution in [2.45, 2.75) is 45.1 Å². The molecule has 0 saturated carbocycles. The number of nitrogens with one attached hydrogen (secondary N) is 1. The van der Waals surface area contributed by atoms with E-state index < -0.39 is 0 Å². The van der Waals surface area contributed by atoms with Gasteiger partial charge in [-0.25, -0.2) is 0 Å². The van der Waals surface area contributed by atoms with Crippen molar-refractivity contribution < 1.29 is 9.15 Å². The first-order valence-electron chi connectivity index (χ1n) is 10.7. The van der Waals surface area contributed by atoms with Gasteiger partial charge in [-0.2, -0.15) is 0 Å². The summed E-state index contributed by atoms with van der Waals surface area (Å²) in [4.78, 5) is 10.1. The molecule has 158 valence electrons. The fraction of sp³-hybridized carbons (Fsp3) is 0.762. The van der Waals surface area contributed by atoms with Crippen LogP contribution in [0, 0.1) is 5.41 Å². The molecule has 1 N–H and O–H groups in total. The first-order valence-corrected chi connectivity index (χ1v) is 10.7. The van der Waals surface area contributed by atoms with Crippen molar-refractivity contribution in [3.8, 4) is 0 Å². The van der Waals surface area contributed by atoms with E-state index in [0.29, 0.717) is 5.41 Å². The highest BCUT2D eigenvalue weighted by Gasteiger charge is 2.42. The fourth-order valence-corrected chi connectivity index (χ4v) is 4.78. The third-order valence-electron chi connectivity index (χ3n) is 6.37. The topological polar surface area (TPSA) is 53.2 Å². The maximum atomic E-state index is 5.78. The van der Waals surface area contributed by atoms with E-state index in [1.807, 2.05) is 6.07 Å².